The molecule has 1 saturated heterocycles. The summed E-state index contributed by atoms with van der Waals surface area (Å²) in [6.07, 6.45) is 3.89. The van der Waals surface area contributed by atoms with Crippen LogP contribution >= 0.6 is 0 Å². The minimum atomic E-state index is 0.316. The number of likely N-dealkylation sites (tertiary alicyclic amines) is 1. The Kier molecular flexibility index (Phi) is 2.72. The Bertz CT molecular complexity index is 403. The smallest absolute Gasteiger partial charge is 0.0502 e. The van der Waals surface area contributed by atoms with E-state index in [1.54, 1.807) is 0 Å². The molecule has 0 bridgehead atoms. The lowest BCUT2D eigenvalue weighted by Gasteiger charge is -2.27. The van der Waals surface area contributed by atoms with Gasteiger partial charge >= 0.3 is 0 Å². The molecule has 17 heavy (non-hydrogen) atoms. The van der Waals surface area contributed by atoms with E-state index >= 15 is 0 Å². The standard InChI is InChI=1S/C15H22N2/c1-10-7-11(2)9-12(8-10)15-14(16)5-6-17(15)13-3-4-13/h7-9,13-15H,3-6,16H2,1-2H3. The molecule has 2 fully saturated rings. The van der Waals surface area contributed by atoms with Gasteiger partial charge in [0.2, 0.25) is 0 Å². The molecule has 1 heterocycles. The molecule has 0 aromatic heterocycles. The zero-order valence-electron chi connectivity index (χ0n) is 10.8. The molecule has 1 aromatic carbocycles. The monoisotopic (exact) mass is 230 g/mol. The molecule has 1 saturated carbocycles. The molecule has 0 radical (unpaired) electrons. The molecule has 0 amide bonds. The molecule has 2 heteroatoms. The van der Waals surface area contributed by atoms with Crippen LogP contribution in [0.4, 0.5) is 0 Å². The predicted octanol–water partition coefficient (Wildman–Crippen LogP) is 2.54. The Morgan fingerprint density at radius 1 is 1.06 bits per heavy atom. The van der Waals surface area contributed by atoms with E-state index in [-0.39, 0.29) is 0 Å². The fourth-order valence-corrected chi connectivity index (χ4v) is 3.28. The van der Waals surface area contributed by atoms with Crippen LogP contribution in [-0.2, 0) is 0 Å². The molecule has 1 aliphatic heterocycles. The first-order valence-electron chi connectivity index (χ1n) is 6.74. The molecular formula is C15H22N2. The van der Waals surface area contributed by atoms with Gasteiger partial charge in [0.15, 0.2) is 0 Å². The van der Waals surface area contributed by atoms with Gasteiger partial charge in [-0.15, -0.1) is 0 Å². The van der Waals surface area contributed by atoms with Crippen molar-refractivity contribution in [3.05, 3.63) is 34.9 Å². The van der Waals surface area contributed by atoms with E-state index in [9.17, 15) is 0 Å². The van der Waals surface area contributed by atoms with Crippen LogP contribution in [0.1, 0.15) is 42.0 Å². The molecule has 2 nitrogen and oxygen atoms in total. The van der Waals surface area contributed by atoms with Gasteiger partial charge in [-0.25, -0.2) is 0 Å². The summed E-state index contributed by atoms with van der Waals surface area (Å²) in [4.78, 5) is 2.64. The van der Waals surface area contributed by atoms with E-state index in [0.717, 1.165) is 12.5 Å². The second-order valence-corrected chi connectivity index (χ2v) is 5.79. The lowest BCUT2D eigenvalue weighted by Crippen LogP contribution is -2.33. The summed E-state index contributed by atoms with van der Waals surface area (Å²) in [5, 5.41) is 0. The second kappa shape index (κ2) is 4.11. The maximum Gasteiger partial charge on any atom is 0.0502 e. The fourth-order valence-electron chi connectivity index (χ4n) is 3.28. The van der Waals surface area contributed by atoms with E-state index in [0.29, 0.717) is 12.1 Å². The summed E-state index contributed by atoms with van der Waals surface area (Å²) in [7, 11) is 0. The Hall–Kier alpha value is -0.860. The summed E-state index contributed by atoms with van der Waals surface area (Å²) >= 11 is 0. The van der Waals surface area contributed by atoms with Crippen LogP contribution in [-0.4, -0.2) is 23.5 Å². The average molecular weight is 230 g/mol. The van der Waals surface area contributed by atoms with Gasteiger partial charge in [0, 0.05) is 18.6 Å². The molecule has 2 N–H and O–H groups in total. The Labute approximate surface area is 104 Å². The van der Waals surface area contributed by atoms with Crippen molar-refractivity contribution in [2.45, 2.75) is 51.2 Å². The molecule has 1 aromatic rings. The third-order valence-electron chi connectivity index (χ3n) is 4.08. The van der Waals surface area contributed by atoms with Crippen molar-refractivity contribution in [2.24, 2.45) is 5.73 Å². The topological polar surface area (TPSA) is 29.3 Å². The van der Waals surface area contributed by atoms with Crippen molar-refractivity contribution in [3.8, 4) is 0 Å². The maximum absolute atomic E-state index is 6.33. The van der Waals surface area contributed by atoms with Crippen molar-refractivity contribution >= 4 is 0 Å². The summed E-state index contributed by atoms with van der Waals surface area (Å²) in [6, 6.07) is 8.47. The number of nitrogens with zero attached hydrogens (tertiary/aromatic N) is 1. The molecule has 1 aliphatic carbocycles. The molecule has 2 atom stereocenters. The summed E-state index contributed by atoms with van der Waals surface area (Å²) in [5.74, 6) is 0. The van der Waals surface area contributed by atoms with Crippen molar-refractivity contribution in [1.29, 1.82) is 0 Å². The number of benzene rings is 1. The summed E-state index contributed by atoms with van der Waals surface area (Å²) in [5.41, 5.74) is 10.5. The molecule has 2 unspecified atom stereocenters. The lowest BCUT2D eigenvalue weighted by molar-refractivity contribution is 0.237. The highest BCUT2D eigenvalue weighted by atomic mass is 15.2. The first kappa shape index (κ1) is 11.2. The third kappa shape index (κ3) is 2.12. The van der Waals surface area contributed by atoms with Crippen molar-refractivity contribution in [3.63, 3.8) is 0 Å². The quantitative estimate of drug-likeness (QED) is 0.846. The molecule has 3 rings (SSSR count). The third-order valence-corrected chi connectivity index (χ3v) is 4.08. The van der Waals surface area contributed by atoms with Gasteiger partial charge < -0.3 is 5.73 Å². The van der Waals surface area contributed by atoms with Crippen LogP contribution in [0.15, 0.2) is 18.2 Å². The highest BCUT2D eigenvalue weighted by Gasteiger charge is 2.41. The summed E-state index contributed by atoms with van der Waals surface area (Å²) < 4.78 is 0. The zero-order chi connectivity index (χ0) is 12.0. The minimum absolute atomic E-state index is 0.316. The van der Waals surface area contributed by atoms with Gasteiger partial charge in [-0.05, 0) is 38.7 Å². The van der Waals surface area contributed by atoms with Crippen molar-refractivity contribution < 1.29 is 0 Å². The van der Waals surface area contributed by atoms with Crippen LogP contribution in [0, 0.1) is 13.8 Å². The van der Waals surface area contributed by atoms with Gasteiger partial charge in [-0.1, -0.05) is 29.3 Å². The minimum Gasteiger partial charge on any atom is -0.326 e. The number of hydrogen-bond donors (Lipinski definition) is 1. The number of rotatable bonds is 2. The van der Waals surface area contributed by atoms with E-state index in [4.69, 9.17) is 5.73 Å². The van der Waals surface area contributed by atoms with E-state index in [1.807, 2.05) is 0 Å². The van der Waals surface area contributed by atoms with Gasteiger partial charge in [-0.2, -0.15) is 0 Å². The van der Waals surface area contributed by atoms with Crippen LogP contribution in [0.2, 0.25) is 0 Å². The van der Waals surface area contributed by atoms with E-state index < -0.39 is 0 Å². The predicted molar refractivity (Wildman–Crippen MR) is 71.0 cm³/mol. The largest absolute Gasteiger partial charge is 0.326 e. The molecule has 2 aliphatic rings. The van der Waals surface area contributed by atoms with Crippen LogP contribution in [0.5, 0.6) is 0 Å². The average Bonchev–Trinajstić information content (AvgIpc) is 3.01. The van der Waals surface area contributed by atoms with E-state index in [1.165, 1.54) is 36.1 Å². The Morgan fingerprint density at radius 2 is 1.71 bits per heavy atom. The van der Waals surface area contributed by atoms with Crippen molar-refractivity contribution in [2.75, 3.05) is 6.54 Å². The van der Waals surface area contributed by atoms with Gasteiger partial charge in [0.25, 0.3) is 0 Å². The van der Waals surface area contributed by atoms with Crippen LogP contribution < -0.4 is 5.73 Å². The van der Waals surface area contributed by atoms with Crippen LogP contribution in [0.3, 0.4) is 0 Å². The maximum atomic E-state index is 6.33. The Morgan fingerprint density at radius 3 is 2.29 bits per heavy atom. The van der Waals surface area contributed by atoms with Gasteiger partial charge in [0.1, 0.15) is 0 Å². The Balaban J connectivity index is 1.94. The lowest BCUT2D eigenvalue weighted by atomic mass is 9.97. The zero-order valence-corrected chi connectivity index (χ0v) is 10.8. The molecular weight excluding hydrogens is 208 g/mol. The second-order valence-electron chi connectivity index (χ2n) is 5.79. The first-order chi connectivity index (χ1) is 8.15. The van der Waals surface area contributed by atoms with Gasteiger partial charge in [0.05, 0.1) is 6.04 Å². The normalized spacial score (nSPS) is 29.8. The molecule has 0 spiro atoms. The number of nitrogens with two attached hydrogens (primary N) is 1. The SMILES string of the molecule is Cc1cc(C)cc(C2C(N)CCN2C2CC2)c1. The number of aryl methyl sites for hydroxylation is 2. The highest BCUT2D eigenvalue weighted by molar-refractivity contribution is 5.32. The van der Waals surface area contributed by atoms with Crippen molar-refractivity contribution in [1.82, 2.24) is 4.90 Å². The number of hydrogen-bond acceptors (Lipinski definition) is 2. The van der Waals surface area contributed by atoms with Crippen LogP contribution in [0.25, 0.3) is 0 Å². The highest BCUT2D eigenvalue weighted by Crippen LogP contribution is 2.40. The fraction of sp³-hybridized carbons (Fsp3) is 0.600. The molecule has 92 valence electrons. The van der Waals surface area contributed by atoms with E-state index in [2.05, 4.69) is 36.9 Å². The summed E-state index contributed by atoms with van der Waals surface area (Å²) in [6.45, 7) is 5.54. The first-order valence-corrected chi connectivity index (χ1v) is 6.74. The van der Waals surface area contributed by atoms with Gasteiger partial charge in [-0.3, -0.25) is 4.90 Å².